The number of amides is 2. The Morgan fingerprint density at radius 1 is 1.04 bits per heavy atom. The van der Waals surface area contributed by atoms with Crippen LogP contribution >= 0.6 is 0 Å². The molecule has 5 heteroatoms. The van der Waals surface area contributed by atoms with Crippen molar-refractivity contribution < 1.29 is 9.59 Å². The third kappa shape index (κ3) is 4.97. The summed E-state index contributed by atoms with van der Waals surface area (Å²) in [5.74, 6) is 0.929. The number of nitrogens with zero attached hydrogens (tertiary/aromatic N) is 1. The zero-order valence-corrected chi connectivity index (χ0v) is 15.1. The van der Waals surface area contributed by atoms with E-state index in [2.05, 4.69) is 17.6 Å². The molecule has 1 saturated carbocycles. The molecule has 1 aliphatic heterocycles. The maximum absolute atomic E-state index is 12.3. The minimum absolute atomic E-state index is 0.0387. The molecule has 0 aromatic heterocycles. The lowest BCUT2D eigenvalue weighted by Gasteiger charge is -2.27. The second-order valence-electron chi connectivity index (χ2n) is 7.45. The molecule has 136 valence electrons. The van der Waals surface area contributed by atoms with E-state index in [1.165, 1.54) is 12.8 Å². The molecule has 0 bridgehead atoms. The predicted molar refractivity (Wildman–Crippen MR) is 99.6 cm³/mol. The molecule has 25 heavy (non-hydrogen) atoms. The Labute approximate surface area is 150 Å². The van der Waals surface area contributed by atoms with Gasteiger partial charge in [0.2, 0.25) is 5.91 Å². The number of benzene rings is 1. The first-order valence-electron chi connectivity index (χ1n) is 9.54. The molecule has 3 rings (SSSR count). The Hall–Kier alpha value is -2.04. The zero-order valence-electron chi connectivity index (χ0n) is 15.1. The van der Waals surface area contributed by atoms with Gasteiger partial charge in [-0.05, 0) is 68.7 Å². The van der Waals surface area contributed by atoms with Crippen LogP contribution in [0.4, 0.5) is 5.69 Å². The number of anilines is 1. The van der Waals surface area contributed by atoms with Gasteiger partial charge in [-0.25, -0.2) is 0 Å². The van der Waals surface area contributed by atoms with Crippen LogP contribution in [0.3, 0.4) is 0 Å². The maximum atomic E-state index is 12.3. The molecule has 0 radical (unpaired) electrons. The van der Waals surface area contributed by atoms with Gasteiger partial charge in [0.15, 0.2) is 0 Å². The normalized spacial score (nSPS) is 23.3. The summed E-state index contributed by atoms with van der Waals surface area (Å²) in [5.41, 5.74) is 1.58. The van der Waals surface area contributed by atoms with Gasteiger partial charge in [0.25, 0.3) is 5.91 Å². The summed E-state index contributed by atoms with van der Waals surface area (Å²) in [4.78, 5) is 26.3. The maximum Gasteiger partial charge on any atom is 0.253 e. The largest absolute Gasteiger partial charge is 0.376 e. The number of nitrogens with one attached hydrogen (secondary N) is 2. The summed E-state index contributed by atoms with van der Waals surface area (Å²) in [6.07, 6.45) is 6.76. The Morgan fingerprint density at radius 3 is 2.32 bits per heavy atom. The Kier molecular flexibility index (Phi) is 5.95. The fraction of sp³-hybridized carbons (Fsp3) is 0.600. The van der Waals surface area contributed by atoms with Crippen LogP contribution in [-0.4, -0.2) is 42.4 Å². The van der Waals surface area contributed by atoms with Crippen molar-refractivity contribution in [2.45, 2.75) is 51.5 Å². The summed E-state index contributed by atoms with van der Waals surface area (Å²) in [6.45, 7) is 4.26. The van der Waals surface area contributed by atoms with Gasteiger partial charge < -0.3 is 15.5 Å². The predicted octanol–water partition coefficient (Wildman–Crippen LogP) is 3.03. The fourth-order valence-corrected chi connectivity index (χ4v) is 3.70. The van der Waals surface area contributed by atoms with Crippen molar-refractivity contribution in [1.82, 2.24) is 10.2 Å². The molecule has 2 fully saturated rings. The Balaban J connectivity index is 1.43. The van der Waals surface area contributed by atoms with E-state index in [0.29, 0.717) is 11.6 Å². The molecular formula is C20H29N3O2. The lowest BCUT2D eigenvalue weighted by molar-refractivity contribution is -0.120. The van der Waals surface area contributed by atoms with Crippen LogP contribution < -0.4 is 10.6 Å². The van der Waals surface area contributed by atoms with Crippen molar-refractivity contribution >= 4 is 17.5 Å². The van der Waals surface area contributed by atoms with E-state index in [1.807, 2.05) is 29.2 Å². The quantitative estimate of drug-likeness (QED) is 0.864. The van der Waals surface area contributed by atoms with Gasteiger partial charge in [0, 0.05) is 30.4 Å². The summed E-state index contributed by atoms with van der Waals surface area (Å²) in [5, 5.41) is 6.26. The molecule has 0 atom stereocenters. The van der Waals surface area contributed by atoms with Gasteiger partial charge in [-0.3, -0.25) is 9.59 Å². The van der Waals surface area contributed by atoms with Gasteiger partial charge in [0.1, 0.15) is 0 Å². The molecule has 2 N–H and O–H groups in total. The number of likely N-dealkylation sites (tertiary alicyclic amines) is 1. The Morgan fingerprint density at radius 2 is 1.68 bits per heavy atom. The van der Waals surface area contributed by atoms with Gasteiger partial charge >= 0.3 is 0 Å². The van der Waals surface area contributed by atoms with Gasteiger partial charge in [-0.15, -0.1) is 0 Å². The molecule has 2 amide bonds. The molecule has 1 saturated heterocycles. The topological polar surface area (TPSA) is 61.4 Å². The van der Waals surface area contributed by atoms with Crippen molar-refractivity contribution in [2.24, 2.45) is 5.92 Å². The van der Waals surface area contributed by atoms with Crippen LogP contribution in [-0.2, 0) is 4.79 Å². The van der Waals surface area contributed by atoms with Gasteiger partial charge in [-0.1, -0.05) is 6.92 Å². The van der Waals surface area contributed by atoms with Crippen molar-refractivity contribution in [3.8, 4) is 0 Å². The van der Waals surface area contributed by atoms with Crippen molar-refractivity contribution in [1.29, 1.82) is 0 Å². The third-order valence-corrected chi connectivity index (χ3v) is 5.36. The first kappa shape index (κ1) is 17.8. The molecule has 1 heterocycles. The average Bonchev–Trinajstić information content (AvgIpc) is 3.16. The van der Waals surface area contributed by atoms with Gasteiger partial charge in [-0.2, -0.15) is 0 Å². The van der Waals surface area contributed by atoms with Crippen molar-refractivity contribution in [2.75, 3.05) is 25.0 Å². The summed E-state index contributed by atoms with van der Waals surface area (Å²) < 4.78 is 0. The SMILES string of the molecule is CC1CCC(NC(=O)CNc2ccc(C(=O)N3CCCC3)cc2)CC1. The van der Waals surface area contributed by atoms with E-state index in [9.17, 15) is 9.59 Å². The molecule has 1 aromatic carbocycles. The molecule has 2 aliphatic rings. The van der Waals surface area contributed by atoms with Crippen molar-refractivity contribution in [3.63, 3.8) is 0 Å². The second-order valence-corrected chi connectivity index (χ2v) is 7.45. The number of rotatable bonds is 5. The fourth-order valence-electron chi connectivity index (χ4n) is 3.70. The minimum Gasteiger partial charge on any atom is -0.376 e. The first-order valence-corrected chi connectivity index (χ1v) is 9.54. The number of hydrogen-bond donors (Lipinski definition) is 2. The highest BCUT2D eigenvalue weighted by Crippen LogP contribution is 2.23. The lowest BCUT2D eigenvalue weighted by atomic mass is 9.87. The van der Waals surface area contributed by atoms with E-state index in [-0.39, 0.29) is 18.4 Å². The number of carbonyl (C=O) groups excluding carboxylic acids is 2. The van der Waals surface area contributed by atoms with E-state index in [4.69, 9.17) is 0 Å². The van der Waals surface area contributed by atoms with Crippen LogP contribution in [0.25, 0.3) is 0 Å². The zero-order chi connectivity index (χ0) is 17.6. The average molecular weight is 343 g/mol. The highest BCUT2D eigenvalue weighted by atomic mass is 16.2. The molecule has 0 unspecified atom stereocenters. The van der Waals surface area contributed by atoms with Gasteiger partial charge in [0.05, 0.1) is 6.54 Å². The van der Waals surface area contributed by atoms with E-state index in [0.717, 1.165) is 50.4 Å². The monoisotopic (exact) mass is 343 g/mol. The lowest BCUT2D eigenvalue weighted by Crippen LogP contribution is -2.40. The summed E-state index contributed by atoms with van der Waals surface area (Å²) in [7, 11) is 0. The second kappa shape index (κ2) is 8.37. The minimum atomic E-state index is 0.0387. The summed E-state index contributed by atoms with van der Waals surface area (Å²) >= 11 is 0. The van der Waals surface area contributed by atoms with Crippen LogP contribution in [0.5, 0.6) is 0 Å². The summed E-state index contributed by atoms with van der Waals surface area (Å²) in [6, 6.07) is 7.75. The highest BCUT2D eigenvalue weighted by molar-refractivity contribution is 5.94. The highest BCUT2D eigenvalue weighted by Gasteiger charge is 2.20. The third-order valence-electron chi connectivity index (χ3n) is 5.36. The van der Waals surface area contributed by atoms with Crippen LogP contribution in [0.15, 0.2) is 24.3 Å². The standard InChI is InChI=1S/C20H29N3O2/c1-15-4-8-18(9-5-15)22-19(24)14-21-17-10-6-16(7-11-17)20(25)23-12-2-3-13-23/h6-7,10-11,15,18,21H,2-5,8-9,12-14H2,1H3,(H,22,24). The number of hydrogen-bond acceptors (Lipinski definition) is 3. The smallest absolute Gasteiger partial charge is 0.253 e. The van der Waals surface area contributed by atoms with E-state index in [1.54, 1.807) is 0 Å². The van der Waals surface area contributed by atoms with E-state index < -0.39 is 0 Å². The van der Waals surface area contributed by atoms with Crippen LogP contribution in [0.2, 0.25) is 0 Å². The molecule has 5 nitrogen and oxygen atoms in total. The first-order chi connectivity index (χ1) is 12.1. The molecule has 1 aromatic rings. The van der Waals surface area contributed by atoms with E-state index >= 15 is 0 Å². The van der Waals surface area contributed by atoms with Crippen molar-refractivity contribution in [3.05, 3.63) is 29.8 Å². The Bertz CT molecular complexity index is 585. The number of carbonyl (C=O) groups is 2. The van der Waals surface area contributed by atoms with Crippen LogP contribution in [0.1, 0.15) is 55.8 Å². The van der Waals surface area contributed by atoms with Crippen LogP contribution in [0, 0.1) is 5.92 Å². The molecular weight excluding hydrogens is 314 g/mol. The molecule has 0 spiro atoms. The molecule has 1 aliphatic carbocycles.